The topological polar surface area (TPSA) is 69.6 Å². The van der Waals surface area contributed by atoms with Crippen LogP contribution in [0.15, 0.2) is 25.3 Å². The highest BCUT2D eigenvalue weighted by molar-refractivity contribution is 5.78. The molecule has 1 aliphatic carbocycles. The van der Waals surface area contributed by atoms with E-state index in [2.05, 4.69) is 18.5 Å². The Morgan fingerprint density at radius 1 is 1.15 bits per heavy atom. The first-order valence-electron chi connectivity index (χ1n) is 7.04. The summed E-state index contributed by atoms with van der Waals surface area (Å²) >= 11 is 0. The Hall–Kier alpha value is -1.62. The molecule has 1 saturated carbocycles. The highest BCUT2D eigenvalue weighted by Gasteiger charge is 2.26. The normalized spacial score (nSPS) is 22.0. The van der Waals surface area contributed by atoms with E-state index in [9.17, 15) is 9.59 Å². The van der Waals surface area contributed by atoms with E-state index in [1.165, 1.54) is 0 Å². The van der Waals surface area contributed by atoms with Gasteiger partial charge in [-0.15, -0.1) is 13.2 Å². The van der Waals surface area contributed by atoms with E-state index in [-0.39, 0.29) is 24.4 Å². The van der Waals surface area contributed by atoms with Crippen LogP contribution in [0.3, 0.4) is 0 Å². The number of carbonyl (C=O) groups excluding carboxylic acids is 1. The monoisotopic (exact) mass is 280 g/mol. The first-order chi connectivity index (χ1) is 9.58. The van der Waals surface area contributed by atoms with Gasteiger partial charge in [0.1, 0.15) is 0 Å². The number of amides is 1. The number of carbonyl (C=O) groups is 2. The molecule has 0 aromatic rings. The minimum atomic E-state index is -0.706. The van der Waals surface area contributed by atoms with Crippen molar-refractivity contribution in [1.29, 1.82) is 0 Å². The summed E-state index contributed by atoms with van der Waals surface area (Å²) in [7, 11) is 0. The highest BCUT2D eigenvalue weighted by atomic mass is 16.4. The molecule has 0 heterocycles. The third-order valence-electron chi connectivity index (χ3n) is 3.67. The summed E-state index contributed by atoms with van der Waals surface area (Å²) in [5.74, 6) is -0.908. The van der Waals surface area contributed by atoms with Crippen LogP contribution in [-0.2, 0) is 9.59 Å². The molecule has 2 N–H and O–H groups in total. The zero-order valence-electron chi connectivity index (χ0n) is 11.9. The van der Waals surface area contributed by atoms with E-state index < -0.39 is 5.97 Å². The molecule has 0 bridgehead atoms. The zero-order valence-corrected chi connectivity index (χ0v) is 11.9. The molecule has 1 fully saturated rings. The number of nitrogens with zero attached hydrogens (tertiary/aromatic N) is 1. The van der Waals surface area contributed by atoms with E-state index in [0.717, 1.165) is 12.8 Å². The number of hydrogen-bond acceptors (Lipinski definition) is 3. The lowest BCUT2D eigenvalue weighted by Crippen LogP contribution is -2.43. The van der Waals surface area contributed by atoms with Gasteiger partial charge in [0.25, 0.3) is 0 Å². The molecular formula is C15H24N2O3. The molecule has 0 aromatic heterocycles. The summed E-state index contributed by atoms with van der Waals surface area (Å²) < 4.78 is 0. The number of nitrogens with one attached hydrogen (secondary N) is 1. The maximum atomic E-state index is 12.0. The number of hydrogen-bond donors (Lipinski definition) is 2. The summed E-state index contributed by atoms with van der Waals surface area (Å²) in [5.41, 5.74) is 0. The number of rotatable bonds is 8. The summed E-state index contributed by atoms with van der Waals surface area (Å²) in [6.45, 7) is 8.58. The highest BCUT2D eigenvalue weighted by Crippen LogP contribution is 2.24. The molecule has 5 heteroatoms. The van der Waals surface area contributed by atoms with Crippen LogP contribution in [0.1, 0.15) is 25.7 Å². The Balaban J connectivity index is 2.32. The van der Waals surface area contributed by atoms with Gasteiger partial charge in [-0.05, 0) is 25.7 Å². The molecule has 112 valence electrons. The predicted octanol–water partition coefficient (Wildman–Crippen LogP) is 1.42. The van der Waals surface area contributed by atoms with Crippen molar-refractivity contribution in [2.75, 3.05) is 19.6 Å². The molecule has 0 aromatic carbocycles. The second-order valence-corrected chi connectivity index (χ2v) is 5.14. The third-order valence-corrected chi connectivity index (χ3v) is 3.67. The van der Waals surface area contributed by atoms with Crippen molar-refractivity contribution < 1.29 is 14.7 Å². The molecule has 0 aliphatic heterocycles. The maximum Gasteiger partial charge on any atom is 0.306 e. The number of aliphatic carboxylic acids is 1. The Labute approximate surface area is 120 Å². The van der Waals surface area contributed by atoms with Crippen molar-refractivity contribution in [3.8, 4) is 0 Å². The molecule has 0 unspecified atom stereocenters. The molecule has 20 heavy (non-hydrogen) atoms. The van der Waals surface area contributed by atoms with Crippen molar-refractivity contribution in [3.63, 3.8) is 0 Å². The first-order valence-corrected chi connectivity index (χ1v) is 7.04. The van der Waals surface area contributed by atoms with Crippen molar-refractivity contribution in [2.45, 2.75) is 31.7 Å². The molecule has 1 amide bonds. The van der Waals surface area contributed by atoms with Crippen LogP contribution in [0.5, 0.6) is 0 Å². The third kappa shape index (κ3) is 5.17. The fourth-order valence-corrected chi connectivity index (χ4v) is 2.48. The van der Waals surface area contributed by atoms with Gasteiger partial charge in [0, 0.05) is 19.1 Å². The number of carboxylic acid groups (broad SMARTS) is 1. The van der Waals surface area contributed by atoms with E-state index in [0.29, 0.717) is 25.9 Å². The molecule has 1 aliphatic rings. The second-order valence-electron chi connectivity index (χ2n) is 5.14. The summed E-state index contributed by atoms with van der Waals surface area (Å²) in [6.07, 6.45) is 6.38. The van der Waals surface area contributed by atoms with Crippen LogP contribution in [0.4, 0.5) is 0 Å². The Kier molecular flexibility index (Phi) is 7.01. The van der Waals surface area contributed by atoms with Gasteiger partial charge in [-0.25, -0.2) is 0 Å². The van der Waals surface area contributed by atoms with Gasteiger partial charge in [-0.3, -0.25) is 9.59 Å². The van der Waals surface area contributed by atoms with Crippen molar-refractivity contribution in [2.24, 2.45) is 5.92 Å². The van der Waals surface area contributed by atoms with E-state index >= 15 is 0 Å². The van der Waals surface area contributed by atoms with Gasteiger partial charge in [0.15, 0.2) is 0 Å². The van der Waals surface area contributed by atoms with Crippen LogP contribution >= 0.6 is 0 Å². The standard InChI is InChI=1S/C15H24N2O3/c1-3-9-17(10-4-2)14(18)11-16-13-7-5-12(6-8-13)15(19)20/h3-4,12-13,16H,1-2,5-11H2,(H,19,20). The predicted molar refractivity (Wildman–Crippen MR) is 78.4 cm³/mol. The minimum Gasteiger partial charge on any atom is -0.481 e. The van der Waals surface area contributed by atoms with E-state index in [1.54, 1.807) is 17.1 Å². The van der Waals surface area contributed by atoms with Crippen LogP contribution in [-0.4, -0.2) is 47.6 Å². The van der Waals surface area contributed by atoms with Gasteiger partial charge in [-0.1, -0.05) is 12.2 Å². The fraction of sp³-hybridized carbons (Fsp3) is 0.600. The van der Waals surface area contributed by atoms with Crippen molar-refractivity contribution >= 4 is 11.9 Å². The van der Waals surface area contributed by atoms with Gasteiger partial charge >= 0.3 is 5.97 Å². The Morgan fingerprint density at radius 3 is 2.15 bits per heavy atom. The lowest BCUT2D eigenvalue weighted by atomic mass is 9.86. The van der Waals surface area contributed by atoms with Crippen LogP contribution in [0.25, 0.3) is 0 Å². The van der Waals surface area contributed by atoms with Crippen LogP contribution in [0, 0.1) is 5.92 Å². The van der Waals surface area contributed by atoms with Crippen LogP contribution in [0.2, 0.25) is 0 Å². The van der Waals surface area contributed by atoms with Crippen LogP contribution < -0.4 is 5.32 Å². The van der Waals surface area contributed by atoms with E-state index in [1.807, 2.05) is 0 Å². The summed E-state index contributed by atoms with van der Waals surface area (Å²) in [6, 6.07) is 0.240. The Morgan fingerprint density at radius 2 is 1.70 bits per heavy atom. The molecular weight excluding hydrogens is 256 g/mol. The van der Waals surface area contributed by atoms with Gasteiger partial charge in [0.2, 0.25) is 5.91 Å². The number of carboxylic acids is 1. The fourth-order valence-electron chi connectivity index (χ4n) is 2.48. The SMILES string of the molecule is C=CCN(CC=C)C(=O)CNC1CCC(C(=O)O)CC1. The van der Waals surface area contributed by atoms with Gasteiger partial charge in [-0.2, -0.15) is 0 Å². The lowest BCUT2D eigenvalue weighted by molar-refractivity contribution is -0.143. The average Bonchev–Trinajstić information content (AvgIpc) is 2.45. The first kappa shape index (κ1) is 16.4. The molecule has 5 nitrogen and oxygen atoms in total. The average molecular weight is 280 g/mol. The molecule has 0 atom stereocenters. The Bertz CT molecular complexity index is 350. The van der Waals surface area contributed by atoms with Crippen molar-refractivity contribution in [1.82, 2.24) is 10.2 Å². The molecule has 0 saturated heterocycles. The maximum absolute atomic E-state index is 12.0. The van der Waals surface area contributed by atoms with Gasteiger partial charge in [0.05, 0.1) is 12.5 Å². The summed E-state index contributed by atoms with van der Waals surface area (Å²) in [5, 5.41) is 12.2. The second kappa shape index (κ2) is 8.53. The zero-order chi connectivity index (χ0) is 15.0. The smallest absolute Gasteiger partial charge is 0.306 e. The van der Waals surface area contributed by atoms with E-state index in [4.69, 9.17) is 5.11 Å². The molecule has 0 radical (unpaired) electrons. The lowest BCUT2D eigenvalue weighted by Gasteiger charge is -2.28. The minimum absolute atomic E-state index is 0.0187. The summed E-state index contributed by atoms with van der Waals surface area (Å²) in [4.78, 5) is 24.5. The van der Waals surface area contributed by atoms with Crippen molar-refractivity contribution in [3.05, 3.63) is 25.3 Å². The quantitative estimate of drug-likeness (QED) is 0.660. The molecule has 1 rings (SSSR count). The largest absolute Gasteiger partial charge is 0.481 e. The molecule has 0 spiro atoms. The van der Waals surface area contributed by atoms with Gasteiger partial charge < -0.3 is 15.3 Å².